The summed E-state index contributed by atoms with van der Waals surface area (Å²) in [5.74, 6) is -1.86. The molecular weight excluding hydrogens is 276 g/mol. The Balaban J connectivity index is 2.52. The Kier molecular flexibility index (Phi) is 6.61. The first-order valence-electron chi connectivity index (χ1n) is 7.24. The minimum atomic E-state index is -0.873. The van der Waals surface area contributed by atoms with Crippen LogP contribution in [0.2, 0.25) is 0 Å². The van der Waals surface area contributed by atoms with Crippen molar-refractivity contribution in [1.29, 1.82) is 0 Å². The van der Waals surface area contributed by atoms with Crippen LogP contribution in [0.4, 0.5) is 0 Å². The lowest BCUT2D eigenvalue weighted by molar-refractivity contribution is -0.149. The van der Waals surface area contributed by atoms with Crippen LogP contribution in [-0.2, 0) is 19.1 Å². The van der Waals surface area contributed by atoms with Crippen molar-refractivity contribution in [3.05, 3.63) is 0 Å². The van der Waals surface area contributed by atoms with Gasteiger partial charge in [0.25, 0.3) is 5.91 Å². The zero-order valence-corrected chi connectivity index (χ0v) is 12.9. The molecule has 7 nitrogen and oxygen atoms in total. The fourth-order valence-corrected chi connectivity index (χ4v) is 2.42. The van der Waals surface area contributed by atoms with Gasteiger partial charge in [-0.05, 0) is 26.7 Å². The molecule has 1 saturated heterocycles. The maximum absolute atomic E-state index is 12.2. The van der Waals surface area contributed by atoms with Crippen molar-refractivity contribution in [1.82, 2.24) is 9.80 Å². The van der Waals surface area contributed by atoms with Gasteiger partial charge >= 0.3 is 5.97 Å². The van der Waals surface area contributed by atoms with Gasteiger partial charge in [0.1, 0.15) is 6.10 Å². The van der Waals surface area contributed by atoms with Gasteiger partial charge < -0.3 is 19.6 Å². The maximum atomic E-state index is 12.2. The van der Waals surface area contributed by atoms with Crippen molar-refractivity contribution in [3.8, 4) is 0 Å². The predicted octanol–water partition coefficient (Wildman–Crippen LogP) is 0.193. The second-order valence-electron chi connectivity index (χ2n) is 5.31. The summed E-state index contributed by atoms with van der Waals surface area (Å²) in [4.78, 5) is 38.0. The third-order valence-electron chi connectivity index (χ3n) is 3.64. The van der Waals surface area contributed by atoms with E-state index in [9.17, 15) is 14.4 Å². The molecule has 1 fully saturated rings. The molecule has 0 bridgehead atoms. The summed E-state index contributed by atoms with van der Waals surface area (Å²) in [6, 6.07) is 0. The number of carboxylic acids is 1. The van der Waals surface area contributed by atoms with Crippen molar-refractivity contribution in [2.45, 2.75) is 32.8 Å². The minimum absolute atomic E-state index is 0.0530. The van der Waals surface area contributed by atoms with Crippen molar-refractivity contribution < 1.29 is 24.2 Å². The highest BCUT2D eigenvalue weighted by Crippen LogP contribution is 2.16. The number of amides is 2. The third-order valence-corrected chi connectivity index (χ3v) is 3.64. The molecule has 2 unspecified atom stereocenters. The second kappa shape index (κ2) is 7.97. The van der Waals surface area contributed by atoms with Gasteiger partial charge in [-0.25, -0.2) is 0 Å². The van der Waals surface area contributed by atoms with Crippen LogP contribution in [0.5, 0.6) is 0 Å². The molecule has 21 heavy (non-hydrogen) atoms. The number of likely N-dealkylation sites (tertiary alicyclic amines) is 1. The average molecular weight is 300 g/mol. The van der Waals surface area contributed by atoms with E-state index in [1.165, 1.54) is 9.80 Å². The first kappa shape index (κ1) is 17.4. The Hall–Kier alpha value is -1.63. The molecule has 2 amide bonds. The number of aliphatic carboxylic acids is 1. The van der Waals surface area contributed by atoms with Gasteiger partial charge in [0.05, 0.1) is 12.5 Å². The molecule has 120 valence electrons. The summed E-state index contributed by atoms with van der Waals surface area (Å²) < 4.78 is 5.21. The quantitative estimate of drug-likeness (QED) is 0.757. The number of hydrogen-bond donors (Lipinski definition) is 1. The van der Waals surface area contributed by atoms with Crippen LogP contribution in [0, 0.1) is 5.92 Å². The molecule has 0 aromatic carbocycles. The first-order chi connectivity index (χ1) is 9.86. The molecule has 1 aliphatic heterocycles. The minimum Gasteiger partial charge on any atom is -0.481 e. The van der Waals surface area contributed by atoms with Crippen LogP contribution >= 0.6 is 0 Å². The zero-order chi connectivity index (χ0) is 16.0. The highest BCUT2D eigenvalue weighted by Gasteiger charge is 2.29. The number of nitrogens with zero attached hydrogens (tertiary/aromatic N) is 2. The van der Waals surface area contributed by atoms with E-state index in [1.807, 2.05) is 0 Å². The maximum Gasteiger partial charge on any atom is 0.308 e. The average Bonchev–Trinajstić information content (AvgIpc) is 2.46. The Morgan fingerprint density at radius 3 is 2.67 bits per heavy atom. The number of piperidine rings is 1. The molecule has 1 rings (SSSR count). The van der Waals surface area contributed by atoms with Crippen LogP contribution in [0.25, 0.3) is 0 Å². The standard InChI is InChI=1S/C14H24N2O5/c1-4-21-10(2)13(18)15(3)9-12(17)16-7-5-6-11(8-16)14(19)20/h10-11H,4-9H2,1-3H3,(H,19,20). The van der Waals surface area contributed by atoms with Crippen molar-refractivity contribution in [2.75, 3.05) is 33.3 Å². The van der Waals surface area contributed by atoms with E-state index < -0.39 is 18.0 Å². The van der Waals surface area contributed by atoms with Gasteiger partial charge in [0.2, 0.25) is 5.91 Å². The van der Waals surface area contributed by atoms with Crippen LogP contribution in [0.15, 0.2) is 0 Å². The molecule has 0 aliphatic carbocycles. The van der Waals surface area contributed by atoms with Gasteiger partial charge in [-0.3, -0.25) is 14.4 Å². The van der Waals surface area contributed by atoms with Crippen LogP contribution in [0.3, 0.4) is 0 Å². The van der Waals surface area contributed by atoms with E-state index in [0.29, 0.717) is 26.0 Å². The number of hydrogen-bond acceptors (Lipinski definition) is 4. The molecule has 0 aromatic rings. The smallest absolute Gasteiger partial charge is 0.308 e. The molecule has 7 heteroatoms. The SMILES string of the molecule is CCOC(C)C(=O)N(C)CC(=O)N1CCCC(C(=O)O)C1. The number of carboxylic acid groups (broad SMARTS) is 1. The van der Waals surface area contributed by atoms with Crippen molar-refractivity contribution in [3.63, 3.8) is 0 Å². The summed E-state index contributed by atoms with van der Waals surface area (Å²) in [7, 11) is 1.55. The molecule has 0 radical (unpaired) electrons. The Bertz CT molecular complexity index is 399. The van der Waals surface area contributed by atoms with Crippen molar-refractivity contribution in [2.24, 2.45) is 5.92 Å². The number of carbonyl (C=O) groups excluding carboxylic acids is 2. The summed E-state index contributed by atoms with van der Waals surface area (Å²) in [5.41, 5.74) is 0. The van der Waals surface area contributed by atoms with Gasteiger partial charge in [-0.15, -0.1) is 0 Å². The molecule has 2 atom stereocenters. The molecule has 0 saturated carbocycles. The molecule has 1 heterocycles. The lowest BCUT2D eigenvalue weighted by Crippen LogP contribution is -2.48. The Morgan fingerprint density at radius 1 is 1.43 bits per heavy atom. The third kappa shape index (κ3) is 5.00. The van der Waals surface area contributed by atoms with E-state index in [1.54, 1.807) is 20.9 Å². The number of likely N-dealkylation sites (N-methyl/N-ethyl adjacent to an activating group) is 1. The van der Waals surface area contributed by atoms with Crippen LogP contribution in [-0.4, -0.2) is 72.1 Å². The largest absolute Gasteiger partial charge is 0.481 e. The van der Waals surface area contributed by atoms with E-state index in [4.69, 9.17) is 9.84 Å². The number of carbonyl (C=O) groups is 3. The lowest BCUT2D eigenvalue weighted by atomic mass is 9.98. The van der Waals surface area contributed by atoms with E-state index in [0.717, 1.165) is 0 Å². The summed E-state index contributed by atoms with van der Waals surface area (Å²) in [6.45, 7) is 4.59. The van der Waals surface area contributed by atoms with E-state index in [-0.39, 0.29) is 24.9 Å². The van der Waals surface area contributed by atoms with Crippen LogP contribution in [0.1, 0.15) is 26.7 Å². The van der Waals surface area contributed by atoms with Crippen molar-refractivity contribution >= 4 is 17.8 Å². The van der Waals surface area contributed by atoms with Crippen LogP contribution < -0.4 is 0 Å². The first-order valence-corrected chi connectivity index (χ1v) is 7.24. The highest BCUT2D eigenvalue weighted by molar-refractivity contribution is 5.87. The molecule has 1 aliphatic rings. The van der Waals surface area contributed by atoms with E-state index in [2.05, 4.69) is 0 Å². The molecule has 1 N–H and O–H groups in total. The number of ether oxygens (including phenoxy) is 1. The predicted molar refractivity (Wildman–Crippen MR) is 75.7 cm³/mol. The van der Waals surface area contributed by atoms with Gasteiger partial charge in [0.15, 0.2) is 0 Å². The van der Waals surface area contributed by atoms with E-state index >= 15 is 0 Å². The molecule has 0 aromatic heterocycles. The fraction of sp³-hybridized carbons (Fsp3) is 0.786. The van der Waals surface area contributed by atoms with Gasteiger partial charge in [-0.1, -0.05) is 0 Å². The van der Waals surface area contributed by atoms with Gasteiger partial charge in [-0.2, -0.15) is 0 Å². The zero-order valence-electron chi connectivity index (χ0n) is 12.9. The fourth-order valence-electron chi connectivity index (χ4n) is 2.42. The summed E-state index contributed by atoms with van der Waals surface area (Å²) in [6.07, 6.45) is 0.686. The summed E-state index contributed by atoms with van der Waals surface area (Å²) in [5, 5.41) is 9.02. The summed E-state index contributed by atoms with van der Waals surface area (Å²) >= 11 is 0. The number of rotatable bonds is 6. The normalized spacial score (nSPS) is 20.0. The Labute approximate surface area is 124 Å². The topological polar surface area (TPSA) is 87.2 Å². The van der Waals surface area contributed by atoms with Gasteiger partial charge in [0, 0.05) is 26.7 Å². The Morgan fingerprint density at radius 2 is 2.10 bits per heavy atom. The molecular formula is C14H24N2O5. The second-order valence-corrected chi connectivity index (χ2v) is 5.31. The monoisotopic (exact) mass is 300 g/mol. The molecule has 0 spiro atoms. The highest BCUT2D eigenvalue weighted by atomic mass is 16.5. The lowest BCUT2D eigenvalue weighted by Gasteiger charge is -2.32.